The van der Waals surface area contributed by atoms with Crippen LogP contribution < -0.4 is 5.32 Å². The van der Waals surface area contributed by atoms with Crippen LogP contribution >= 0.6 is 11.6 Å². The lowest BCUT2D eigenvalue weighted by Crippen LogP contribution is -2.85. The Kier molecular flexibility index (Phi) is 4.44. The zero-order valence-electron chi connectivity index (χ0n) is 18.1. The van der Waals surface area contributed by atoms with Crippen molar-refractivity contribution in [3.63, 3.8) is 0 Å². The lowest BCUT2D eigenvalue weighted by molar-refractivity contribution is -0.0924. The van der Waals surface area contributed by atoms with Crippen LogP contribution in [0.1, 0.15) is 39.8 Å². The van der Waals surface area contributed by atoms with Gasteiger partial charge in [-0.1, -0.05) is 28.9 Å². The van der Waals surface area contributed by atoms with Crippen molar-refractivity contribution in [3.05, 3.63) is 69.5 Å². The minimum atomic E-state index is 0.0557. The molecular formula is C24H24ClN5O2. The maximum absolute atomic E-state index is 13.0. The predicted molar refractivity (Wildman–Crippen MR) is 120 cm³/mol. The molecule has 1 amide bonds. The summed E-state index contributed by atoms with van der Waals surface area (Å²) in [6.07, 6.45) is 0. The van der Waals surface area contributed by atoms with Crippen molar-refractivity contribution < 1.29 is 9.32 Å². The van der Waals surface area contributed by atoms with Gasteiger partial charge in [-0.15, -0.1) is 0 Å². The fraction of sp³-hybridized carbons (Fsp3) is 0.375. The molecule has 0 radical (unpaired) electrons. The molecule has 0 saturated carbocycles. The van der Waals surface area contributed by atoms with E-state index in [2.05, 4.69) is 27.3 Å². The maximum atomic E-state index is 13.0. The van der Waals surface area contributed by atoms with Crippen LogP contribution in [0.2, 0.25) is 5.02 Å². The van der Waals surface area contributed by atoms with E-state index >= 15 is 0 Å². The van der Waals surface area contributed by atoms with E-state index < -0.39 is 0 Å². The monoisotopic (exact) mass is 449 g/mol. The summed E-state index contributed by atoms with van der Waals surface area (Å²) in [6.45, 7) is 8.06. The van der Waals surface area contributed by atoms with Gasteiger partial charge in [0, 0.05) is 53.9 Å². The molecule has 0 spiro atoms. The Labute approximate surface area is 191 Å². The van der Waals surface area contributed by atoms with Crippen LogP contribution in [0, 0.1) is 6.92 Å². The van der Waals surface area contributed by atoms with Crippen LogP contribution in [-0.2, 0) is 19.6 Å². The van der Waals surface area contributed by atoms with E-state index in [4.69, 9.17) is 16.1 Å². The summed E-state index contributed by atoms with van der Waals surface area (Å²) < 4.78 is 5.59. The van der Waals surface area contributed by atoms with Gasteiger partial charge in [-0.2, -0.15) is 4.98 Å². The van der Waals surface area contributed by atoms with Gasteiger partial charge in [-0.25, -0.2) is 0 Å². The predicted octanol–water partition coefficient (Wildman–Crippen LogP) is 3.40. The van der Waals surface area contributed by atoms with Gasteiger partial charge in [0.15, 0.2) is 5.82 Å². The van der Waals surface area contributed by atoms with E-state index in [0.717, 1.165) is 40.9 Å². The number of carbonyl (C=O) groups excluding carboxylic acids is 1. The number of nitrogens with one attached hydrogen (secondary N) is 1. The zero-order valence-corrected chi connectivity index (χ0v) is 18.8. The molecule has 0 aliphatic carbocycles. The highest BCUT2D eigenvalue weighted by atomic mass is 35.5. The number of aryl methyl sites for hydroxylation is 1. The number of rotatable bonds is 5. The van der Waals surface area contributed by atoms with E-state index in [1.807, 2.05) is 48.2 Å². The van der Waals surface area contributed by atoms with Crippen LogP contribution in [0.5, 0.6) is 0 Å². The van der Waals surface area contributed by atoms with Gasteiger partial charge in [-0.3, -0.25) is 9.69 Å². The summed E-state index contributed by atoms with van der Waals surface area (Å²) in [5.74, 6) is 1.26. The molecule has 3 aliphatic heterocycles. The summed E-state index contributed by atoms with van der Waals surface area (Å²) >= 11 is 5.98. The van der Waals surface area contributed by atoms with E-state index in [9.17, 15) is 4.79 Å². The Hall–Kier alpha value is -2.74. The van der Waals surface area contributed by atoms with Gasteiger partial charge in [0.25, 0.3) is 11.8 Å². The second-order valence-electron chi connectivity index (χ2n) is 9.35. The van der Waals surface area contributed by atoms with Crippen molar-refractivity contribution in [1.82, 2.24) is 25.3 Å². The number of piperazine rings is 1. The smallest absolute Gasteiger partial charge is 0.257 e. The Morgan fingerprint density at radius 1 is 1.25 bits per heavy atom. The molecule has 2 saturated heterocycles. The summed E-state index contributed by atoms with van der Waals surface area (Å²) in [4.78, 5) is 21.9. The van der Waals surface area contributed by atoms with Crippen molar-refractivity contribution in [1.29, 1.82) is 0 Å². The zero-order chi connectivity index (χ0) is 22.0. The van der Waals surface area contributed by atoms with Gasteiger partial charge in [-0.05, 0) is 54.8 Å². The molecule has 1 aromatic heterocycles. The number of fused-ring (bicyclic) bond motifs is 2. The van der Waals surface area contributed by atoms with Crippen LogP contribution in [0.15, 0.2) is 40.9 Å². The van der Waals surface area contributed by atoms with Crippen LogP contribution in [0.3, 0.4) is 0 Å². The first-order valence-corrected chi connectivity index (χ1v) is 11.3. The molecule has 8 heteroatoms. The number of nitrogens with zero attached hydrogens (tertiary/aromatic N) is 4. The number of aromatic nitrogens is 2. The topological polar surface area (TPSA) is 74.5 Å². The van der Waals surface area contributed by atoms with Gasteiger partial charge in [0.2, 0.25) is 0 Å². The number of amides is 1. The third-order valence-corrected chi connectivity index (χ3v) is 7.28. The standard InChI is InChI=1S/C24H24ClN5O2/c1-14-7-16(22-27-20(28-32-22)12-30-13-24(2)19(30)9-26-24)8-17-11-29(23(31)21(14)17)10-15-3-5-18(25)6-4-15/h3-8,19,26H,9-13H2,1-2H3. The van der Waals surface area contributed by atoms with Crippen molar-refractivity contribution in [2.45, 2.75) is 45.1 Å². The number of hydrogen-bond acceptors (Lipinski definition) is 6. The minimum Gasteiger partial charge on any atom is -0.334 e. The molecule has 32 heavy (non-hydrogen) atoms. The second-order valence-corrected chi connectivity index (χ2v) is 9.79. The van der Waals surface area contributed by atoms with Crippen LogP contribution in [0.25, 0.3) is 11.5 Å². The number of likely N-dealkylation sites (tertiary alicyclic amines) is 1. The van der Waals surface area contributed by atoms with Gasteiger partial charge in [0.05, 0.1) is 6.54 Å². The molecule has 2 unspecified atom stereocenters. The van der Waals surface area contributed by atoms with Crippen molar-refractivity contribution in [3.8, 4) is 11.5 Å². The molecule has 3 aliphatic rings. The molecule has 2 fully saturated rings. The summed E-state index contributed by atoms with van der Waals surface area (Å²) in [7, 11) is 0. The first kappa shape index (κ1) is 19.9. The molecule has 7 nitrogen and oxygen atoms in total. The third kappa shape index (κ3) is 3.15. The van der Waals surface area contributed by atoms with E-state index in [-0.39, 0.29) is 11.4 Å². The molecule has 0 bridgehead atoms. The highest BCUT2D eigenvalue weighted by Crippen LogP contribution is 2.36. The van der Waals surface area contributed by atoms with E-state index in [1.165, 1.54) is 0 Å². The Morgan fingerprint density at radius 3 is 2.75 bits per heavy atom. The lowest BCUT2D eigenvalue weighted by Gasteiger charge is -2.64. The van der Waals surface area contributed by atoms with Crippen LogP contribution in [0.4, 0.5) is 0 Å². The largest absolute Gasteiger partial charge is 0.334 e. The first-order chi connectivity index (χ1) is 15.4. The second kappa shape index (κ2) is 7.13. The van der Waals surface area contributed by atoms with Crippen molar-refractivity contribution >= 4 is 17.5 Å². The number of hydrogen-bond donors (Lipinski definition) is 1. The lowest BCUT2D eigenvalue weighted by atomic mass is 9.74. The Bertz CT molecular complexity index is 1220. The molecule has 164 valence electrons. The SMILES string of the molecule is Cc1cc(-c2nc(CN3CC4(C)NCC34)no2)cc2c1C(=O)N(Cc1ccc(Cl)cc1)C2. The fourth-order valence-corrected chi connectivity index (χ4v) is 5.35. The first-order valence-electron chi connectivity index (χ1n) is 10.9. The number of benzene rings is 2. The van der Waals surface area contributed by atoms with E-state index in [1.54, 1.807) is 0 Å². The summed E-state index contributed by atoms with van der Waals surface area (Å²) in [6, 6.07) is 12.2. The third-order valence-electron chi connectivity index (χ3n) is 7.03. The molecule has 6 rings (SSSR count). The Balaban J connectivity index is 1.20. The molecule has 4 heterocycles. The quantitative estimate of drug-likeness (QED) is 0.643. The van der Waals surface area contributed by atoms with Crippen LogP contribution in [-0.4, -0.2) is 50.5 Å². The fourth-order valence-electron chi connectivity index (χ4n) is 5.23. The van der Waals surface area contributed by atoms with E-state index in [0.29, 0.717) is 42.4 Å². The van der Waals surface area contributed by atoms with Gasteiger partial charge >= 0.3 is 0 Å². The normalized spacial score (nSPS) is 24.2. The van der Waals surface area contributed by atoms with Crippen molar-refractivity contribution in [2.75, 3.05) is 13.1 Å². The van der Waals surface area contributed by atoms with Gasteiger partial charge < -0.3 is 14.7 Å². The highest BCUT2D eigenvalue weighted by Gasteiger charge is 2.55. The minimum absolute atomic E-state index is 0.0557. The van der Waals surface area contributed by atoms with Gasteiger partial charge in [0.1, 0.15) is 0 Å². The number of carbonyl (C=O) groups is 1. The maximum Gasteiger partial charge on any atom is 0.257 e. The highest BCUT2D eigenvalue weighted by molar-refractivity contribution is 6.30. The average molecular weight is 450 g/mol. The molecule has 1 N–H and O–H groups in total. The summed E-state index contributed by atoms with van der Waals surface area (Å²) in [5.41, 5.74) is 4.88. The Morgan fingerprint density at radius 2 is 2.06 bits per heavy atom. The van der Waals surface area contributed by atoms with Crippen molar-refractivity contribution in [2.24, 2.45) is 0 Å². The molecule has 2 aromatic carbocycles. The molecular weight excluding hydrogens is 426 g/mol. The summed E-state index contributed by atoms with van der Waals surface area (Å²) in [5, 5.41) is 8.37. The molecule has 3 aromatic rings. The molecule has 2 atom stereocenters. The number of halogens is 1. The average Bonchev–Trinajstić information content (AvgIpc) is 3.34.